The molecule has 114 valence electrons. The van der Waals surface area contributed by atoms with Crippen LogP contribution in [0.5, 0.6) is 5.75 Å². The van der Waals surface area contributed by atoms with Crippen LogP contribution in [0.3, 0.4) is 0 Å². The fraction of sp³-hybridized carbons (Fsp3) is 0.571. The standard InChI is InChI=1S/C14H21F3N2O/c1-13(2,3)11-6-10(9-19-5-4-18)7-12(8-11)20-14(15,16)17/h6-8,19H,4-5,9,18H2,1-3H3. The molecule has 0 saturated heterocycles. The summed E-state index contributed by atoms with van der Waals surface area (Å²) in [6.07, 6.45) is -4.68. The lowest BCUT2D eigenvalue weighted by atomic mass is 9.86. The molecule has 6 heteroatoms. The molecule has 0 aliphatic heterocycles. The Labute approximate surface area is 117 Å². The van der Waals surface area contributed by atoms with Gasteiger partial charge in [0.25, 0.3) is 0 Å². The topological polar surface area (TPSA) is 47.3 Å². The summed E-state index contributed by atoms with van der Waals surface area (Å²) in [5.74, 6) is -0.186. The molecule has 0 fully saturated rings. The van der Waals surface area contributed by atoms with Crippen LogP contribution in [0.4, 0.5) is 13.2 Å². The molecule has 0 atom stereocenters. The fourth-order valence-electron chi connectivity index (χ4n) is 1.72. The lowest BCUT2D eigenvalue weighted by molar-refractivity contribution is -0.274. The third-order valence-electron chi connectivity index (χ3n) is 2.72. The van der Waals surface area contributed by atoms with E-state index in [-0.39, 0.29) is 11.2 Å². The van der Waals surface area contributed by atoms with Crippen molar-refractivity contribution in [1.29, 1.82) is 0 Å². The van der Waals surface area contributed by atoms with Gasteiger partial charge in [-0.1, -0.05) is 26.8 Å². The quantitative estimate of drug-likeness (QED) is 0.820. The van der Waals surface area contributed by atoms with E-state index in [2.05, 4.69) is 10.1 Å². The number of rotatable bonds is 5. The fourth-order valence-corrected chi connectivity index (χ4v) is 1.72. The van der Waals surface area contributed by atoms with E-state index in [0.29, 0.717) is 19.6 Å². The van der Waals surface area contributed by atoms with Gasteiger partial charge in [-0.3, -0.25) is 0 Å². The molecule has 1 rings (SSSR count). The number of alkyl halides is 3. The minimum absolute atomic E-state index is 0.186. The van der Waals surface area contributed by atoms with E-state index < -0.39 is 6.36 Å². The van der Waals surface area contributed by atoms with Crippen molar-refractivity contribution in [3.63, 3.8) is 0 Å². The maximum absolute atomic E-state index is 12.4. The minimum atomic E-state index is -4.68. The number of nitrogens with two attached hydrogens (primary N) is 1. The maximum atomic E-state index is 12.4. The van der Waals surface area contributed by atoms with Crippen molar-refractivity contribution in [1.82, 2.24) is 5.32 Å². The Morgan fingerprint density at radius 3 is 2.30 bits per heavy atom. The Balaban J connectivity index is 3.02. The number of ether oxygens (including phenoxy) is 1. The van der Waals surface area contributed by atoms with Gasteiger partial charge in [0.2, 0.25) is 0 Å². The average Bonchev–Trinajstić information content (AvgIpc) is 2.25. The molecule has 0 aliphatic carbocycles. The second-order valence-electron chi connectivity index (χ2n) is 5.63. The zero-order valence-electron chi connectivity index (χ0n) is 12.0. The summed E-state index contributed by atoms with van der Waals surface area (Å²) in [5.41, 5.74) is 6.65. The summed E-state index contributed by atoms with van der Waals surface area (Å²) < 4.78 is 41.1. The molecule has 3 nitrogen and oxygen atoms in total. The molecule has 1 aromatic carbocycles. The third-order valence-corrected chi connectivity index (χ3v) is 2.72. The molecule has 0 radical (unpaired) electrons. The molecular formula is C14H21F3N2O. The van der Waals surface area contributed by atoms with Crippen molar-refractivity contribution < 1.29 is 17.9 Å². The predicted octanol–water partition coefficient (Wildman–Crippen LogP) is 2.93. The first kappa shape index (κ1) is 16.8. The SMILES string of the molecule is CC(C)(C)c1cc(CNCCN)cc(OC(F)(F)F)c1. The molecular weight excluding hydrogens is 269 g/mol. The Hall–Kier alpha value is -1.27. The monoisotopic (exact) mass is 290 g/mol. The highest BCUT2D eigenvalue weighted by molar-refractivity contribution is 5.38. The van der Waals surface area contributed by atoms with E-state index in [9.17, 15) is 13.2 Å². The summed E-state index contributed by atoms with van der Waals surface area (Å²) in [6.45, 7) is 7.36. The molecule has 0 aromatic heterocycles. The highest BCUT2D eigenvalue weighted by Gasteiger charge is 2.31. The molecule has 0 amide bonds. The molecule has 0 saturated carbocycles. The zero-order valence-corrected chi connectivity index (χ0v) is 12.0. The summed E-state index contributed by atoms with van der Waals surface area (Å²) in [4.78, 5) is 0. The second kappa shape index (κ2) is 6.45. The van der Waals surface area contributed by atoms with Gasteiger partial charge in [0.15, 0.2) is 0 Å². The van der Waals surface area contributed by atoms with E-state index in [0.717, 1.165) is 11.1 Å². The van der Waals surface area contributed by atoms with Crippen LogP contribution in [0, 0.1) is 0 Å². The molecule has 20 heavy (non-hydrogen) atoms. The summed E-state index contributed by atoms with van der Waals surface area (Å²) in [7, 11) is 0. The van der Waals surface area contributed by atoms with E-state index in [4.69, 9.17) is 5.73 Å². The first-order valence-electron chi connectivity index (χ1n) is 6.43. The van der Waals surface area contributed by atoms with Gasteiger partial charge in [0.1, 0.15) is 5.75 Å². The van der Waals surface area contributed by atoms with Crippen molar-refractivity contribution in [3.05, 3.63) is 29.3 Å². The maximum Gasteiger partial charge on any atom is 0.573 e. The predicted molar refractivity (Wildman–Crippen MR) is 72.6 cm³/mol. The van der Waals surface area contributed by atoms with E-state index in [1.54, 1.807) is 0 Å². The molecule has 0 aliphatic rings. The van der Waals surface area contributed by atoms with Crippen LogP contribution < -0.4 is 15.8 Å². The van der Waals surface area contributed by atoms with Gasteiger partial charge in [-0.2, -0.15) is 0 Å². The number of halogens is 3. The van der Waals surface area contributed by atoms with Crippen molar-refractivity contribution in [2.24, 2.45) is 5.73 Å². The Kier molecular flexibility index (Phi) is 5.42. The van der Waals surface area contributed by atoms with Crippen LogP contribution in [-0.4, -0.2) is 19.5 Å². The highest BCUT2D eigenvalue weighted by Crippen LogP contribution is 2.30. The van der Waals surface area contributed by atoms with Gasteiger partial charge >= 0.3 is 6.36 Å². The van der Waals surface area contributed by atoms with Gasteiger partial charge in [-0.25, -0.2) is 0 Å². The van der Waals surface area contributed by atoms with Gasteiger partial charge in [-0.15, -0.1) is 13.2 Å². The summed E-state index contributed by atoms with van der Waals surface area (Å²) >= 11 is 0. The lowest BCUT2D eigenvalue weighted by Crippen LogP contribution is -2.23. The lowest BCUT2D eigenvalue weighted by Gasteiger charge is -2.22. The highest BCUT2D eigenvalue weighted by atomic mass is 19.4. The summed E-state index contributed by atoms with van der Waals surface area (Å²) in [6, 6.07) is 4.71. The first-order chi connectivity index (χ1) is 9.12. The average molecular weight is 290 g/mol. The number of benzene rings is 1. The number of nitrogens with one attached hydrogen (secondary N) is 1. The number of hydrogen-bond donors (Lipinski definition) is 2. The molecule has 0 unspecified atom stereocenters. The third kappa shape index (κ3) is 5.79. The van der Waals surface area contributed by atoms with Crippen molar-refractivity contribution in [2.45, 2.75) is 39.1 Å². The Morgan fingerprint density at radius 1 is 1.15 bits per heavy atom. The second-order valence-corrected chi connectivity index (χ2v) is 5.63. The van der Waals surface area contributed by atoms with E-state index in [1.165, 1.54) is 12.1 Å². The van der Waals surface area contributed by atoms with Crippen molar-refractivity contribution in [2.75, 3.05) is 13.1 Å². The zero-order chi connectivity index (χ0) is 15.4. The van der Waals surface area contributed by atoms with Crippen molar-refractivity contribution in [3.8, 4) is 5.75 Å². The van der Waals surface area contributed by atoms with Gasteiger partial charge in [0, 0.05) is 19.6 Å². The normalized spacial score (nSPS) is 12.6. The molecule has 3 N–H and O–H groups in total. The first-order valence-corrected chi connectivity index (χ1v) is 6.43. The molecule has 1 aromatic rings. The minimum Gasteiger partial charge on any atom is -0.406 e. The Bertz CT molecular complexity index is 439. The van der Waals surface area contributed by atoms with E-state index >= 15 is 0 Å². The van der Waals surface area contributed by atoms with E-state index in [1.807, 2.05) is 26.8 Å². The van der Waals surface area contributed by atoms with Crippen LogP contribution in [0.1, 0.15) is 31.9 Å². The summed E-state index contributed by atoms with van der Waals surface area (Å²) in [5, 5.41) is 3.06. The van der Waals surface area contributed by atoms with Crippen LogP contribution in [0.15, 0.2) is 18.2 Å². The largest absolute Gasteiger partial charge is 0.573 e. The molecule has 0 spiro atoms. The van der Waals surface area contributed by atoms with Gasteiger partial charge < -0.3 is 15.8 Å². The Morgan fingerprint density at radius 2 is 1.80 bits per heavy atom. The van der Waals surface area contributed by atoms with Crippen LogP contribution >= 0.6 is 0 Å². The number of hydrogen-bond acceptors (Lipinski definition) is 3. The molecule has 0 bridgehead atoms. The van der Waals surface area contributed by atoms with Crippen LogP contribution in [-0.2, 0) is 12.0 Å². The van der Waals surface area contributed by atoms with Crippen LogP contribution in [0.2, 0.25) is 0 Å². The van der Waals surface area contributed by atoms with Crippen molar-refractivity contribution >= 4 is 0 Å². The van der Waals surface area contributed by atoms with Gasteiger partial charge in [-0.05, 0) is 28.7 Å². The smallest absolute Gasteiger partial charge is 0.406 e. The molecule has 0 heterocycles. The van der Waals surface area contributed by atoms with Gasteiger partial charge in [0.05, 0.1) is 0 Å². The van der Waals surface area contributed by atoms with Crippen LogP contribution in [0.25, 0.3) is 0 Å².